The van der Waals surface area contributed by atoms with E-state index in [4.69, 9.17) is 4.42 Å². The summed E-state index contributed by atoms with van der Waals surface area (Å²) in [7, 11) is 0. The Hall–Kier alpha value is -9.96. The Morgan fingerprint density at radius 1 is 0.316 bits per heavy atom. The van der Waals surface area contributed by atoms with Crippen molar-refractivity contribution in [2.45, 2.75) is 5.41 Å². The Bertz CT molecular complexity index is 4580. The average molecular weight is 967 g/mol. The smallest absolute Gasteiger partial charge is 0.143 e. The van der Waals surface area contributed by atoms with E-state index in [-0.39, 0.29) is 0 Å². The zero-order valence-electron chi connectivity index (χ0n) is 41.4. The summed E-state index contributed by atoms with van der Waals surface area (Å²) in [6.07, 6.45) is 0. The Balaban J connectivity index is 0.798. The quantitative estimate of drug-likeness (QED) is 0.159. The summed E-state index contributed by atoms with van der Waals surface area (Å²) in [6, 6.07) is 102. The van der Waals surface area contributed by atoms with Gasteiger partial charge in [-0.1, -0.05) is 212 Å². The third kappa shape index (κ3) is 6.11. The molecule has 2 aromatic heterocycles. The summed E-state index contributed by atoms with van der Waals surface area (Å²) in [6.45, 7) is 0. The van der Waals surface area contributed by atoms with E-state index < -0.39 is 5.41 Å². The number of fused-ring (bicyclic) bond motifs is 17. The molecule has 0 bridgehead atoms. The molecule has 0 aliphatic heterocycles. The molecule has 3 heteroatoms. The van der Waals surface area contributed by atoms with Crippen molar-refractivity contribution >= 4 is 60.8 Å². The zero-order chi connectivity index (χ0) is 49.9. The highest BCUT2D eigenvalue weighted by Crippen LogP contribution is 2.64. The molecule has 0 radical (unpaired) electrons. The molecule has 16 rings (SSSR count). The third-order valence-corrected chi connectivity index (χ3v) is 16.4. The Morgan fingerprint density at radius 2 is 0.842 bits per heavy atom. The minimum atomic E-state index is -0.413. The number of nitrogens with zero attached hydrogens (tertiary/aromatic N) is 2. The largest absolute Gasteiger partial charge is 0.455 e. The van der Waals surface area contributed by atoms with Crippen molar-refractivity contribution in [2.24, 2.45) is 0 Å². The van der Waals surface area contributed by atoms with E-state index in [1.165, 1.54) is 82.8 Å². The van der Waals surface area contributed by atoms with E-state index in [0.717, 1.165) is 61.6 Å². The molecule has 2 heterocycles. The summed E-state index contributed by atoms with van der Waals surface area (Å²) in [4.78, 5) is 2.39. The number of aromatic nitrogens is 1. The molecule has 76 heavy (non-hydrogen) atoms. The summed E-state index contributed by atoms with van der Waals surface area (Å²) in [5, 5.41) is 4.73. The van der Waals surface area contributed by atoms with Crippen molar-refractivity contribution in [3.05, 3.63) is 301 Å². The molecule has 2 aliphatic rings. The molecule has 3 nitrogen and oxygen atoms in total. The Morgan fingerprint density at radius 3 is 1.61 bits per heavy atom. The van der Waals surface area contributed by atoms with Crippen molar-refractivity contribution in [1.82, 2.24) is 4.57 Å². The number of furan rings is 1. The first-order chi connectivity index (χ1) is 37.7. The van der Waals surface area contributed by atoms with Gasteiger partial charge in [-0.3, -0.25) is 0 Å². The van der Waals surface area contributed by atoms with Crippen LogP contribution in [0.1, 0.15) is 22.3 Å². The molecule has 0 fully saturated rings. The molecule has 0 saturated heterocycles. The van der Waals surface area contributed by atoms with Crippen molar-refractivity contribution < 1.29 is 4.42 Å². The first-order valence-electron chi connectivity index (χ1n) is 26.2. The average Bonchev–Trinajstić information content (AvgIpc) is 4.38. The van der Waals surface area contributed by atoms with Crippen molar-refractivity contribution in [2.75, 3.05) is 4.90 Å². The van der Waals surface area contributed by atoms with E-state index in [9.17, 15) is 0 Å². The van der Waals surface area contributed by atoms with Gasteiger partial charge in [-0.15, -0.1) is 0 Å². The van der Waals surface area contributed by atoms with E-state index >= 15 is 0 Å². The first kappa shape index (κ1) is 42.5. The molecule has 0 amide bonds. The molecule has 1 spiro atoms. The number of para-hydroxylation sites is 3. The molecular formula is C73H46N2O. The number of hydrogen-bond donors (Lipinski definition) is 0. The fourth-order valence-electron chi connectivity index (χ4n) is 13.2. The van der Waals surface area contributed by atoms with Gasteiger partial charge < -0.3 is 13.9 Å². The fraction of sp³-hybridized carbons (Fsp3) is 0.0137. The van der Waals surface area contributed by atoms with Gasteiger partial charge in [0.05, 0.1) is 16.4 Å². The van der Waals surface area contributed by atoms with Crippen LogP contribution in [0.2, 0.25) is 0 Å². The molecule has 0 unspecified atom stereocenters. The summed E-state index contributed by atoms with van der Waals surface area (Å²) < 4.78 is 9.39. The molecule has 2 aliphatic carbocycles. The van der Waals surface area contributed by atoms with Gasteiger partial charge in [0.25, 0.3) is 0 Å². The molecule has 12 aromatic carbocycles. The predicted octanol–water partition coefficient (Wildman–Crippen LogP) is 19.5. The lowest BCUT2D eigenvalue weighted by Gasteiger charge is -2.30. The topological polar surface area (TPSA) is 21.3 Å². The molecule has 354 valence electrons. The van der Waals surface area contributed by atoms with E-state index in [1.54, 1.807) is 0 Å². The zero-order valence-corrected chi connectivity index (χ0v) is 41.4. The van der Waals surface area contributed by atoms with Gasteiger partial charge in [0.2, 0.25) is 0 Å². The highest BCUT2D eigenvalue weighted by Gasteiger charge is 2.52. The van der Waals surface area contributed by atoms with Crippen LogP contribution in [-0.2, 0) is 5.41 Å². The number of rotatable bonds is 7. The molecular weight excluding hydrogens is 921 g/mol. The monoisotopic (exact) mass is 966 g/mol. The van der Waals surface area contributed by atoms with Gasteiger partial charge in [0.1, 0.15) is 11.2 Å². The van der Waals surface area contributed by atoms with Crippen LogP contribution in [0.15, 0.2) is 283 Å². The standard InChI is InChI=1S/C73H46N2O/c1-3-17-47(18-4-1)48-37-39-53(40-38-48)74(55-41-43-68-62(46-55)59-25-10-14-32-67(59)75(68)52-20-5-2-6-21-52)54-22-15-19-51(45-54)49-33-35-50(36-34-49)56-27-16-28-61-71-69(76-72(56)61)44-42-66-70(71)60-26-9-13-31-65(60)73(66)63-29-11-7-23-57(63)58-24-8-12-30-64(58)73/h1-46H. The second kappa shape index (κ2) is 16.5. The molecule has 14 aromatic rings. The van der Waals surface area contributed by atoms with Crippen LogP contribution in [0, 0.1) is 0 Å². The highest BCUT2D eigenvalue weighted by atomic mass is 16.3. The highest BCUT2D eigenvalue weighted by molar-refractivity contribution is 6.18. The third-order valence-electron chi connectivity index (χ3n) is 16.4. The van der Waals surface area contributed by atoms with E-state index in [1.807, 2.05) is 0 Å². The van der Waals surface area contributed by atoms with Gasteiger partial charge in [-0.25, -0.2) is 0 Å². The van der Waals surface area contributed by atoms with Crippen LogP contribution >= 0.6 is 0 Å². The Kier molecular flexibility index (Phi) is 9.25. The SMILES string of the molecule is c1ccc(-c2ccc(N(c3cccc(-c4ccc(-c5cccc6c5oc5ccc7c(c56)-c5ccccc5C75c6ccccc6-c6ccccc65)cc4)c3)c3ccc4c(c3)c3ccccc3n4-c3ccccc3)cc2)cc1. The Labute approximate surface area is 440 Å². The molecule has 0 saturated carbocycles. The maximum atomic E-state index is 7.01. The van der Waals surface area contributed by atoms with Gasteiger partial charge >= 0.3 is 0 Å². The van der Waals surface area contributed by atoms with Crippen LogP contribution < -0.4 is 4.90 Å². The van der Waals surface area contributed by atoms with Gasteiger partial charge in [0.15, 0.2) is 0 Å². The van der Waals surface area contributed by atoms with Crippen molar-refractivity contribution in [3.63, 3.8) is 0 Å². The maximum absolute atomic E-state index is 7.01. The van der Waals surface area contributed by atoms with Crippen molar-refractivity contribution in [1.29, 1.82) is 0 Å². The summed E-state index contributed by atoms with van der Waals surface area (Å²) in [5.74, 6) is 0. The normalized spacial score (nSPS) is 12.8. The van der Waals surface area contributed by atoms with Crippen LogP contribution in [0.4, 0.5) is 17.1 Å². The van der Waals surface area contributed by atoms with Gasteiger partial charge in [-0.05, 0) is 139 Å². The molecule has 0 N–H and O–H groups in total. The minimum absolute atomic E-state index is 0.413. The number of benzene rings is 12. The van der Waals surface area contributed by atoms with Crippen molar-refractivity contribution in [3.8, 4) is 61.3 Å². The van der Waals surface area contributed by atoms with Gasteiger partial charge in [0, 0.05) is 49.9 Å². The summed E-state index contributed by atoms with van der Waals surface area (Å²) in [5.41, 5.74) is 25.5. The van der Waals surface area contributed by atoms with Crippen LogP contribution in [-0.4, -0.2) is 4.57 Å². The number of hydrogen-bond acceptors (Lipinski definition) is 2. The van der Waals surface area contributed by atoms with Crippen LogP contribution in [0.3, 0.4) is 0 Å². The second-order valence-electron chi connectivity index (χ2n) is 20.3. The lowest BCUT2D eigenvalue weighted by Crippen LogP contribution is -2.25. The fourth-order valence-corrected chi connectivity index (χ4v) is 13.2. The first-order valence-corrected chi connectivity index (χ1v) is 26.2. The van der Waals surface area contributed by atoms with Gasteiger partial charge in [-0.2, -0.15) is 0 Å². The predicted molar refractivity (Wildman–Crippen MR) is 315 cm³/mol. The second-order valence-corrected chi connectivity index (χ2v) is 20.3. The van der Waals surface area contributed by atoms with Crippen LogP contribution in [0.25, 0.3) is 105 Å². The lowest BCUT2D eigenvalue weighted by molar-refractivity contribution is 0.669. The van der Waals surface area contributed by atoms with E-state index in [0.29, 0.717) is 0 Å². The number of anilines is 3. The maximum Gasteiger partial charge on any atom is 0.143 e. The molecule has 0 atom stereocenters. The summed E-state index contributed by atoms with van der Waals surface area (Å²) >= 11 is 0. The van der Waals surface area contributed by atoms with Crippen LogP contribution in [0.5, 0.6) is 0 Å². The van der Waals surface area contributed by atoms with E-state index in [2.05, 4.69) is 289 Å². The minimum Gasteiger partial charge on any atom is -0.455 e. The lowest BCUT2D eigenvalue weighted by atomic mass is 9.70.